The number of ether oxygens (including phenoxy) is 1. The average Bonchev–Trinajstić information content (AvgIpc) is 3.24. The van der Waals surface area contributed by atoms with Gasteiger partial charge < -0.3 is 14.5 Å². The van der Waals surface area contributed by atoms with Gasteiger partial charge in [0.2, 0.25) is 17.3 Å². The van der Waals surface area contributed by atoms with Crippen molar-refractivity contribution in [3.05, 3.63) is 71.4 Å². The molecular formula is C24H21ClN4O2S. The van der Waals surface area contributed by atoms with Gasteiger partial charge in [-0.2, -0.15) is 4.98 Å². The van der Waals surface area contributed by atoms with Crippen molar-refractivity contribution >= 4 is 29.1 Å². The summed E-state index contributed by atoms with van der Waals surface area (Å²) in [5.74, 6) is 2.75. The lowest BCUT2D eigenvalue weighted by atomic mass is 10.1. The fourth-order valence-corrected chi connectivity index (χ4v) is 4.40. The normalized spacial score (nSPS) is 14.6. The standard InChI is InChI=1S/C24H21ClN4O2S/c1-2-3-14-32-24-27-23-21(28-29-24)17-6-4-5-7-18(17)26-22(31-23)20-13-12-19(30-20)15-8-10-16(25)11-9-15/h4-13,22,26H,2-3,14H2,1H3/t22-/m0/s1. The van der Waals surface area contributed by atoms with Crippen LogP contribution in [0.15, 0.2) is 70.2 Å². The zero-order valence-electron chi connectivity index (χ0n) is 17.4. The molecule has 2 aromatic heterocycles. The summed E-state index contributed by atoms with van der Waals surface area (Å²) in [4.78, 5) is 4.67. The Balaban J connectivity index is 1.49. The zero-order valence-corrected chi connectivity index (χ0v) is 19.0. The first-order valence-electron chi connectivity index (χ1n) is 10.5. The molecule has 4 aromatic rings. The minimum Gasteiger partial charge on any atom is -0.455 e. The van der Waals surface area contributed by atoms with Crippen LogP contribution in [0.1, 0.15) is 31.8 Å². The fraction of sp³-hybridized carbons (Fsp3) is 0.208. The molecule has 1 atom stereocenters. The van der Waals surface area contributed by atoms with Crippen molar-refractivity contribution in [1.82, 2.24) is 15.2 Å². The van der Waals surface area contributed by atoms with Crippen LogP contribution in [0.5, 0.6) is 5.88 Å². The van der Waals surface area contributed by atoms with Gasteiger partial charge >= 0.3 is 0 Å². The topological polar surface area (TPSA) is 73.1 Å². The van der Waals surface area contributed by atoms with Crippen LogP contribution < -0.4 is 10.1 Å². The van der Waals surface area contributed by atoms with Gasteiger partial charge in [0.25, 0.3) is 0 Å². The summed E-state index contributed by atoms with van der Waals surface area (Å²) in [5.41, 5.74) is 3.32. The number of unbranched alkanes of at least 4 members (excludes halogenated alkanes) is 1. The van der Waals surface area contributed by atoms with Gasteiger partial charge in [0, 0.05) is 27.6 Å². The summed E-state index contributed by atoms with van der Waals surface area (Å²) in [6.07, 6.45) is 1.65. The molecule has 0 aliphatic carbocycles. The van der Waals surface area contributed by atoms with Gasteiger partial charge in [0.05, 0.1) is 0 Å². The lowest BCUT2D eigenvalue weighted by Crippen LogP contribution is -2.16. The predicted octanol–water partition coefficient (Wildman–Crippen LogP) is 6.85. The molecule has 2 aromatic carbocycles. The van der Waals surface area contributed by atoms with E-state index in [9.17, 15) is 0 Å². The molecule has 1 aliphatic heterocycles. The van der Waals surface area contributed by atoms with Gasteiger partial charge in [-0.1, -0.05) is 54.9 Å². The fourth-order valence-electron chi connectivity index (χ4n) is 3.41. The molecule has 1 N–H and O–H groups in total. The van der Waals surface area contributed by atoms with Crippen LogP contribution in [0, 0.1) is 0 Å². The van der Waals surface area contributed by atoms with Crippen LogP contribution in [0.2, 0.25) is 5.02 Å². The zero-order chi connectivity index (χ0) is 21.9. The molecule has 0 unspecified atom stereocenters. The third-order valence-electron chi connectivity index (χ3n) is 5.08. The van der Waals surface area contributed by atoms with Crippen LogP contribution >= 0.6 is 23.4 Å². The number of halogens is 1. The molecule has 162 valence electrons. The summed E-state index contributed by atoms with van der Waals surface area (Å²) in [6, 6.07) is 19.2. The highest BCUT2D eigenvalue weighted by atomic mass is 35.5. The quantitative estimate of drug-likeness (QED) is 0.247. The summed E-state index contributed by atoms with van der Waals surface area (Å²) >= 11 is 7.60. The second-order valence-corrected chi connectivity index (χ2v) is 8.85. The van der Waals surface area contributed by atoms with Crippen molar-refractivity contribution < 1.29 is 9.15 Å². The maximum Gasteiger partial charge on any atom is 0.247 e. The first-order valence-corrected chi connectivity index (χ1v) is 11.8. The number of hydrogen-bond donors (Lipinski definition) is 1. The van der Waals surface area contributed by atoms with Gasteiger partial charge in [-0.3, -0.25) is 0 Å². The molecule has 0 saturated heterocycles. The second-order valence-electron chi connectivity index (χ2n) is 7.35. The molecule has 0 saturated carbocycles. The van der Waals surface area contributed by atoms with Crippen molar-refractivity contribution in [2.45, 2.75) is 31.1 Å². The van der Waals surface area contributed by atoms with Crippen LogP contribution in [0.4, 0.5) is 5.69 Å². The molecule has 0 fully saturated rings. The lowest BCUT2D eigenvalue weighted by molar-refractivity contribution is 0.196. The smallest absolute Gasteiger partial charge is 0.247 e. The molecule has 0 radical (unpaired) electrons. The Bertz CT molecular complexity index is 1230. The number of benzene rings is 2. The summed E-state index contributed by atoms with van der Waals surface area (Å²) < 4.78 is 12.4. The lowest BCUT2D eigenvalue weighted by Gasteiger charge is -2.16. The van der Waals surface area contributed by atoms with E-state index < -0.39 is 6.23 Å². The van der Waals surface area contributed by atoms with E-state index in [4.69, 9.17) is 20.8 Å². The van der Waals surface area contributed by atoms with E-state index in [-0.39, 0.29) is 0 Å². The monoisotopic (exact) mass is 464 g/mol. The molecule has 32 heavy (non-hydrogen) atoms. The first kappa shape index (κ1) is 20.8. The van der Waals surface area contributed by atoms with Crippen molar-refractivity contribution in [3.63, 3.8) is 0 Å². The van der Waals surface area contributed by atoms with E-state index in [2.05, 4.69) is 27.4 Å². The first-order chi connectivity index (χ1) is 15.7. The number of para-hydroxylation sites is 1. The molecule has 0 bridgehead atoms. The molecule has 0 amide bonds. The van der Waals surface area contributed by atoms with Crippen molar-refractivity contribution in [3.8, 4) is 28.5 Å². The van der Waals surface area contributed by atoms with Gasteiger partial charge in [0.15, 0.2) is 11.5 Å². The maximum atomic E-state index is 6.29. The van der Waals surface area contributed by atoms with Crippen LogP contribution in [0.3, 0.4) is 0 Å². The Morgan fingerprint density at radius 3 is 2.72 bits per heavy atom. The average molecular weight is 465 g/mol. The number of hydrogen-bond acceptors (Lipinski definition) is 7. The highest BCUT2D eigenvalue weighted by Gasteiger charge is 2.28. The van der Waals surface area contributed by atoms with Crippen LogP contribution in [-0.4, -0.2) is 20.9 Å². The van der Waals surface area contributed by atoms with E-state index in [0.717, 1.165) is 41.2 Å². The molecule has 6 nitrogen and oxygen atoms in total. The predicted molar refractivity (Wildman–Crippen MR) is 127 cm³/mol. The Morgan fingerprint density at radius 2 is 1.88 bits per heavy atom. The molecule has 5 rings (SSSR count). The SMILES string of the molecule is CCCCSc1nnc2c(n1)O[C@@H](c1ccc(-c3ccc(Cl)cc3)o1)Nc1ccccc1-2. The Kier molecular flexibility index (Phi) is 6.01. The Labute approximate surface area is 195 Å². The summed E-state index contributed by atoms with van der Waals surface area (Å²) in [7, 11) is 0. The highest BCUT2D eigenvalue weighted by molar-refractivity contribution is 7.99. The van der Waals surface area contributed by atoms with E-state index in [1.54, 1.807) is 11.8 Å². The van der Waals surface area contributed by atoms with Gasteiger partial charge in [-0.25, -0.2) is 0 Å². The number of aromatic nitrogens is 3. The van der Waals surface area contributed by atoms with E-state index in [1.165, 1.54) is 0 Å². The van der Waals surface area contributed by atoms with E-state index >= 15 is 0 Å². The van der Waals surface area contributed by atoms with E-state index in [1.807, 2.05) is 60.7 Å². The Hall–Kier alpha value is -3.03. The molecule has 0 spiro atoms. The number of thioether (sulfide) groups is 1. The summed E-state index contributed by atoms with van der Waals surface area (Å²) in [5, 5.41) is 13.5. The number of anilines is 1. The minimum absolute atomic E-state index is 0.436. The van der Waals surface area contributed by atoms with Crippen molar-refractivity contribution in [2.24, 2.45) is 0 Å². The second kappa shape index (κ2) is 9.22. The summed E-state index contributed by atoms with van der Waals surface area (Å²) in [6.45, 7) is 2.16. The number of nitrogens with zero attached hydrogens (tertiary/aromatic N) is 3. The number of furan rings is 1. The van der Waals surface area contributed by atoms with Gasteiger partial charge in [-0.05, 0) is 48.9 Å². The number of fused-ring (bicyclic) bond motifs is 3. The molecule has 3 heterocycles. The highest BCUT2D eigenvalue weighted by Crippen LogP contribution is 2.40. The van der Waals surface area contributed by atoms with Crippen molar-refractivity contribution in [2.75, 3.05) is 11.1 Å². The van der Waals surface area contributed by atoms with Gasteiger partial charge in [0.1, 0.15) is 5.76 Å². The molecular weight excluding hydrogens is 444 g/mol. The molecule has 8 heteroatoms. The number of nitrogens with one attached hydrogen (secondary N) is 1. The van der Waals surface area contributed by atoms with Crippen LogP contribution in [0.25, 0.3) is 22.6 Å². The van der Waals surface area contributed by atoms with Crippen LogP contribution in [-0.2, 0) is 0 Å². The van der Waals surface area contributed by atoms with Gasteiger partial charge in [-0.15, -0.1) is 10.2 Å². The number of rotatable bonds is 6. The third kappa shape index (κ3) is 4.31. The maximum absolute atomic E-state index is 6.29. The molecule has 1 aliphatic rings. The Morgan fingerprint density at radius 1 is 1.03 bits per heavy atom. The largest absolute Gasteiger partial charge is 0.455 e. The minimum atomic E-state index is -0.566. The van der Waals surface area contributed by atoms with Crippen molar-refractivity contribution in [1.29, 1.82) is 0 Å². The third-order valence-corrected chi connectivity index (χ3v) is 6.25. The van der Waals surface area contributed by atoms with E-state index in [0.29, 0.717) is 27.5 Å².